The summed E-state index contributed by atoms with van der Waals surface area (Å²) in [6.07, 6.45) is 0. The first-order chi connectivity index (χ1) is 14.2. The van der Waals surface area contributed by atoms with Crippen LogP contribution in [0, 0.1) is 10.1 Å². The SMILES string of the molecule is O=C(COC(=O)Cn1c(=O)oc2cc([N+](=O)[O-])ccc21)Nc1c(Cl)cc(Cl)cc1Cl. The summed E-state index contributed by atoms with van der Waals surface area (Å²) in [6.45, 7) is -1.25. The molecule has 1 aromatic heterocycles. The van der Waals surface area contributed by atoms with Gasteiger partial charge in [0.25, 0.3) is 11.6 Å². The van der Waals surface area contributed by atoms with Crippen molar-refractivity contribution in [3.8, 4) is 0 Å². The lowest BCUT2D eigenvalue weighted by molar-refractivity contribution is -0.384. The average Bonchev–Trinajstić information content (AvgIpc) is 2.97. The highest BCUT2D eigenvalue weighted by atomic mass is 35.5. The van der Waals surface area contributed by atoms with E-state index in [0.29, 0.717) is 0 Å². The van der Waals surface area contributed by atoms with Crippen molar-refractivity contribution in [1.82, 2.24) is 4.57 Å². The zero-order valence-electron chi connectivity index (χ0n) is 14.7. The molecular weight excluding hydrogens is 465 g/mol. The molecule has 0 bridgehead atoms. The van der Waals surface area contributed by atoms with Crippen LogP contribution in [0.3, 0.4) is 0 Å². The van der Waals surface area contributed by atoms with E-state index >= 15 is 0 Å². The second-order valence-corrected chi connectivity index (χ2v) is 7.07. The third kappa shape index (κ3) is 4.73. The number of non-ortho nitro benzene ring substituents is 1. The monoisotopic (exact) mass is 473 g/mol. The first-order valence-corrected chi connectivity index (χ1v) is 9.17. The first-order valence-electron chi connectivity index (χ1n) is 8.03. The number of benzene rings is 2. The highest BCUT2D eigenvalue weighted by molar-refractivity contribution is 6.42. The standard InChI is InChI=1S/C17H10Cl3N3O7/c18-8-3-10(19)16(11(20)4-8)21-14(24)7-29-15(25)6-22-12-2-1-9(23(27)28)5-13(12)30-17(22)26/h1-5H,6-7H2,(H,21,24). The van der Waals surface area contributed by atoms with Gasteiger partial charge in [-0.1, -0.05) is 34.8 Å². The summed E-state index contributed by atoms with van der Waals surface area (Å²) in [5.41, 5.74) is -0.0805. The molecule has 0 aliphatic rings. The predicted molar refractivity (Wildman–Crippen MR) is 108 cm³/mol. The summed E-state index contributed by atoms with van der Waals surface area (Å²) in [7, 11) is 0. The number of aromatic nitrogens is 1. The fourth-order valence-corrected chi connectivity index (χ4v) is 3.39. The van der Waals surface area contributed by atoms with Gasteiger partial charge < -0.3 is 14.5 Å². The summed E-state index contributed by atoms with van der Waals surface area (Å²) < 4.78 is 10.7. The number of nitro groups is 1. The molecule has 0 aliphatic heterocycles. The van der Waals surface area contributed by atoms with Crippen LogP contribution >= 0.6 is 34.8 Å². The molecule has 1 N–H and O–H groups in total. The molecule has 0 atom stereocenters. The number of halogens is 3. The van der Waals surface area contributed by atoms with Crippen LogP contribution in [0.15, 0.2) is 39.5 Å². The summed E-state index contributed by atoms with van der Waals surface area (Å²) in [5, 5.41) is 13.7. The van der Waals surface area contributed by atoms with Gasteiger partial charge in [-0.2, -0.15) is 0 Å². The number of ether oxygens (including phenoxy) is 1. The van der Waals surface area contributed by atoms with E-state index in [1.165, 1.54) is 18.2 Å². The van der Waals surface area contributed by atoms with E-state index < -0.39 is 35.7 Å². The molecular formula is C17H10Cl3N3O7. The maximum Gasteiger partial charge on any atom is 0.420 e. The molecule has 30 heavy (non-hydrogen) atoms. The van der Waals surface area contributed by atoms with Crippen LogP contribution in [-0.4, -0.2) is 28.0 Å². The molecule has 0 radical (unpaired) electrons. The number of nitrogens with one attached hydrogen (secondary N) is 1. The molecule has 3 aromatic rings. The van der Waals surface area contributed by atoms with Gasteiger partial charge in [0.05, 0.1) is 32.2 Å². The minimum atomic E-state index is -0.915. The maximum atomic E-state index is 12.0. The number of nitro benzene ring substituents is 1. The van der Waals surface area contributed by atoms with Crippen molar-refractivity contribution in [2.24, 2.45) is 0 Å². The number of hydrogen-bond acceptors (Lipinski definition) is 7. The third-order valence-corrected chi connectivity index (χ3v) is 4.60. The summed E-state index contributed by atoms with van der Waals surface area (Å²) in [4.78, 5) is 46.1. The quantitative estimate of drug-likeness (QED) is 0.327. The number of amides is 1. The number of oxazole rings is 1. The molecule has 0 saturated carbocycles. The molecule has 0 fully saturated rings. The van der Waals surface area contributed by atoms with Gasteiger partial charge in [0.1, 0.15) is 6.54 Å². The second-order valence-electron chi connectivity index (χ2n) is 5.82. The van der Waals surface area contributed by atoms with E-state index in [1.807, 2.05) is 0 Å². The Morgan fingerprint density at radius 1 is 1.17 bits per heavy atom. The number of carbonyl (C=O) groups is 2. The van der Waals surface area contributed by atoms with Crippen molar-refractivity contribution >= 4 is 69.2 Å². The van der Waals surface area contributed by atoms with Crippen molar-refractivity contribution in [2.45, 2.75) is 6.54 Å². The van der Waals surface area contributed by atoms with Crippen LogP contribution in [0.4, 0.5) is 11.4 Å². The number of anilines is 1. The Hall–Kier alpha value is -3.08. The lowest BCUT2D eigenvalue weighted by atomic mass is 10.3. The highest BCUT2D eigenvalue weighted by Crippen LogP contribution is 2.33. The third-order valence-electron chi connectivity index (χ3n) is 3.79. The van der Waals surface area contributed by atoms with Crippen LogP contribution in [0.25, 0.3) is 11.1 Å². The Kier molecular flexibility index (Phi) is 6.30. The fourth-order valence-electron chi connectivity index (χ4n) is 2.48. The Morgan fingerprint density at radius 2 is 1.83 bits per heavy atom. The van der Waals surface area contributed by atoms with Gasteiger partial charge in [-0.15, -0.1) is 0 Å². The zero-order chi connectivity index (χ0) is 22.0. The fraction of sp³-hybridized carbons (Fsp3) is 0.118. The van der Waals surface area contributed by atoms with Gasteiger partial charge in [0.15, 0.2) is 12.2 Å². The minimum absolute atomic E-state index is 0.0632. The Labute approximate surface area is 182 Å². The summed E-state index contributed by atoms with van der Waals surface area (Å²) in [5.74, 6) is -2.55. The molecule has 1 amide bonds. The topological polar surface area (TPSA) is 134 Å². The van der Waals surface area contributed by atoms with Crippen LogP contribution in [0.5, 0.6) is 0 Å². The smallest absolute Gasteiger partial charge is 0.420 e. The van der Waals surface area contributed by atoms with Gasteiger partial charge in [-0.05, 0) is 18.2 Å². The van der Waals surface area contributed by atoms with E-state index in [4.69, 9.17) is 44.0 Å². The maximum absolute atomic E-state index is 12.0. The van der Waals surface area contributed by atoms with Gasteiger partial charge in [-0.25, -0.2) is 4.79 Å². The molecule has 0 spiro atoms. The molecule has 10 nitrogen and oxygen atoms in total. The van der Waals surface area contributed by atoms with Gasteiger partial charge >= 0.3 is 11.7 Å². The number of rotatable bonds is 6. The normalized spacial score (nSPS) is 10.8. The summed E-state index contributed by atoms with van der Waals surface area (Å²) in [6, 6.07) is 6.23. The van der Waals surface area contributed by atoms with Crippen molar-refractivity contribution in [1.29, 1.82) is 0 Å². The molecule has 156 valence electrons. The lowest BCUT2D eigenvalue weighted by Gasteiger charge is -2.10. The second kappa shape index (κ2) is 8.74. The average molecular weight is 475 g/mol. The van der Waals surface area contributed by atoms with E-state index in [1.54, 1.807) is 0 Å². The molecule has 0 unspecified atom stereocenters. The van der Waals surface area contributed by atoms with Crippen LogP contribution in [-0.2, 0) is 20.9 Å². The number of carbonyl (C=O) groups excluding carboxylic acids is 2. The minimum Gasteiger partial charge on any atom is -0.454 e. The Bertz CT molecular complexity index is 1210. The Morgan fingerprint density at radius 3 is 2.47 bits per heavy atom. The van der Waals surface area contributed by atoms with Gasteiger partial charge in [-0.3, -0.25) is 24.3 Å². The summed E-state index contributed by atoms with van der Waals surface area (Å²) >= 11 is 17.7. The number of nitrogens with zero attached hydrogens (tertiary/aromatic N) is 2. The predicted octanol–water partition coefficient (Wildman–Crippen LogP) is 3.64. The van der Waals surface area contributed by atoms with Crippen molar-refractivity contribution in [3.63, 3.8) is 0 Å². The molecule has 0 aliphatic carbocycles. The van der Waals surface area contributed by atoms with Gasteiger partial charge in [0.2, 0.25) is 0 Å². The Balaban J connectivity index is 1.65. The molecule has 3 rings (SSSR count). The lowest BCUT2D eigenvalue weighted by Crippen LogP contribution is -2.26. The number of fused-ring (bicyclic) bond motifs is 1. The van der Waals surface area contributed by atoms with Crippen molar-refractivity contribution < 1.29 is 23.7 Å². The van der Waals surface area contributed by atoms with E-state index in [0.717, 1.165) is 16.7 Å². The number of esters is 1. The van der Waals surface area contributed by atoms with E-state index in [9.17, 15) is 24.5 Å². The number of hydrogen-bond donors (Lipinski definition) is 1. The molecule has 2 aromatic carbocycles. The van der Waals surface area contributed by atoms with Crippen LogP contribution in [0.2, 0.25) is 15.1 Å². The molecule has 1 heterocycles. The highest BCUT2D eigenvalue weighted by Gasteiger charge is 2.18. The van der Waals surface area contributed by atoms with Crippen LogP contribution < -0.4 is 11.1 Å². The molecule has 13 heteroatoms. The van der Waals surface area contributed by atoms with Crippen LogP contribution in [0.1, 0.15) is 0 Å². The van der Waals surface area contributed by atoms with Crippen molar-refractivity contribution in [3.05, 3.63) is 66.1 Å². The van der Waals surface area contributed by atoms with Gasteiger partial charge in [0, 0.05) is 11.1 Å². The van der Waals surface area contributed by atoms with E-state index in [-0.39, 0.29) is 37.5 Å². The zero-order valence-corrected chi connectivity index (χ0v) is 17.0. The van der Waals surface area contributed by atoms with Crippen molar-refractivity contribution in [2.75, 3.05) is 11.9 Å². The largest absolute Gasteiger partial charge is 0.454 e. The molecule has 0 saturated heterocycles. The van der Waals surface area contributed by atoms with E-state index in [2.05, 4.69) is 5.32 Å². The first kappa shape index (κ1) is 21.6.